The Kier molecular flexibility index (Phi) is 14.0. The zero-order valence-corrected chi connectivity index (χ0v) is 39.9. The van der Waals surface area contributed by atoms with Crippen molar-refractivity contribution in [2.24, 2.45) is 5.92 Å². The molecule has 0 bridgehead atoms. The predicted octanol–water partition coefficient (Wildman–Crippen LogP) is 9.61. The van der Waals surface area contributed by atoms with E-state index in [2.05, 4.69) is 17.9 Å². The highest BCUT2D eigenvalue weighted by Crippen LogP contribution is 2.66. The quantitative estimate of drug-likeness (QED) is 0.0612. The highest BCUT2D eigenvalue weighted by Gasteiger charge is 2.76. The summed E-state index contributed by atoms with van der Waals surface area (Å²) >= 11 is 0. The van der Waals surface area contributed by atoms with E-state index in [1.165, 1.54) is 24.3 Å². The Hall–Kier alpha value is -7.60. The van der Waals surface area contributed by atoms with Crippen molar-refractivity contribution in [2.75, 3.05) is 31.2 Å². The third-order valence-corrected chi connectivity index (χ3v) is 14.8. The molecule has 1 spiro atoms. The largest absolute Gasteiger partial charge is 0.491 e. The number of morpholine rings is 1. The van der Waals surface area contributed by atoms with Gasteiger partial charge in [0.15, 0.2) is 0 Å². The van der Waals surface area contributed by atoms with Crippen LogP contribution in [0.5, 0.6) is 5.75 Å². The van der Waals surface area contributed by atoms with Crippen LogP contribution in [0.3, 0.4) is 0 Å². The van der Waals surface area contributed by atoms with E-state index in [0.717, 1.165) is 73.8 Å². The molecule has 4 aliphatic heterocycles. The van der Waals surface area contributed by atoms with Crippen LogP contribution in [-0.2, 0) is 35.9 Å². The van der Waals surface area contributed by atoms with E-state index < -0.39 is 64.4 Å². The SMILES string of the molecule is O=C1O[C@@H](c2ccccc2)[C@@H](c2ccccc2)N2[C@@H](c3ccc(OCCO)cc3)[C@]3(C(=O)N(C(=O)OCc4ccc([N+](=O)[O-])cc4)c4ccc(C#CC5=CCCCC5)cc43)[C@@H](C(=O)N3CCCCCCC3)[C@H]12. The van der Waals surface area contributed by atoms with Gasteiger partial charge in [-0.2, -0.15) is 0 Å². The summed E-state index contributed by atoms with van der Waals surface area (Å²) in [5, 5.41) is 21.1. The van der Waals surface area contributed by atoms with E-state index in [4.69, 9.17) is 14.2 Å². The summed E-state index contributed by atoms with van der Waals surface area (Å²) in [6.45, 7) is 0.317. The number of carbonyl (C=O) groups excluding carboxylic acids is 4. The molecular formula is C58H56N4O10. The molecule has 3 amide bonds. The molecule has 10 rings (SSSR count). The predicted molar refractivity (Wildman–Crippen MR) is 267 cm³/mol. The van der Waals surface area contributed by atoms with Crippen LogP contribution >= 0.6 is 0 Å². The van der Waals surface area contributed by atoms with Crippen molar-refractivity contribution in [1.82, 2.24) is 9.80 Å². The van der Waals surface area contributed by atoms with E-state index >= 15 is 14.4 Å². The molecule has 0 aromatic heterocycles. The first kappa shape index (κ1) is 48.0. The third-order valence-electron chi connectivity index (χ3n) is 14.8. The van der Waals surface area contributed by atoms with Crippen LogP contribution in [0.25, 0.3) is 0 Å². The van der Waals surface area contributed by atoms with Gasteiger partial charge in [-0.3, -0.25) is 29.4 Å². The van der Waals surface area contributed by atoms with Gasteiger partial charge in [-0.1, -0.05) is 110 Å². The number of aliphatic hydroxyl groups is 1. The molecular weight excluding hydrogens is 913 g/mol. The molecule has 6 atom stereocenters. The minimum absolute atomic E-state index is 0.0392. The Morgan fingerprint density at radius 1 is 0.778 bits per heavy atom. The van der Waals surface area contributed by atoms with Crippen LogP contribution < -0.4 is 9.64 Å². The molecule has 3 saturated heterocycles. The van der Waals surface area contributed by atoms with Crippen molar-refractivity contribution in [3.05, 3.63) is 183 Å². The smallest absolute Gasteiger partial charge is 0.421 e. The average molecular weight is 969 g/mol. The number of hydrogen-bond donors (Lipinski definition) is 1. The lowest BCUT2D eigenvalue weighted by Crippen LogP contribution is -2.56. The highest BCUT2D eigenvalue weighted by atomic mass is 16.6. The number of benzene rings is 5. The zero-order valence-electron chi connectivity index (χ0n) is 39.9. The number of likely N-dealkylation sites (tertiary alicyclic amines) is 1. The second-order valence-corrected chi connectivity index (χ2v) is 19.1. The fourth-order valence-electron chi connectivity index (χ4n) is 11.5. The second-order valence-electron chi connectivity index (χ2n) is 19.1. The number of nitro groups is 1. The molecule has 5 aromatic carbocycles. The minimum Gasteiger partial charge on any atom is -0.491 e. The molecule has 0 unspecified atom stereocenters. The van der Waals surface area contributed by atoms with Crippen LogP contribution in [0.4, 0.5) is 16.2 Å². The molecule has 1 aliphatic carbocycles. The number of anilines is 1. The molecule has 0 radical (unpaired) electrons. The number of imide groups is 1. The summed E-state index contributed by atoms with van der Waals surface area (Å²) in [6.07, 6.45) is 8.39. The van der Waals surface area contributed by atoms with E-state index in [1.54, 1.807) is 29.2 Å². The standard InChI is InChI=1S/C58H56N4O10/c63-35-36-70-46-30-26-44(27-31-46)53-58(47-37-40(22-21-39-15-7-4-8-16-39)25-32-48(47)60(56(58)66)57(67)71-38-41-23-28-45(29-24-41)62(68)69)49(54(64)59-33-13-2-1-3-14-34-59)51-55(65)72-52(43-19-11-6-12-20-43)50(61(51)53)42-17-9-5-10-18-42/h5-6,9-12,15,17-20,23-32,37,49-53,63H,1-4,7-8,13-14,16,33-36,38H2/t49-,50-,51-,52+,53+,58-/m1/s1. The van der Waals surface area contributed by atoms with E-state index in [-0.39, 0.29) is 31.2 Å². The summed E-state index contributed by atoms with van der Waals surface area (Å²) in [5.41, 5.74) is 2.43. The molecule has 368 valence electrons. The van der Waals surface area contributed by atoms with E-state index in [9.17, 15) is 20.0 Å². The topological polar surface area (TPSA) is 169 Å². The number of hydrogen-bond acceptors (Lipinski definition) is 11. The molecule has 72 heavy (non-hydrogen) atoms. The summed E-state index contributed by atoms with van der Waals surface area (Å²) in [7, 11) is 0. The number of fused-ring (bicyclic) bond motifs is 3. The van der Waals surface area contributed by atoms with Gasteiger partial charge in [0.05, 0.1) is 35.2 Å². The number of amides is 3. The molecule has 4 heterocycles. The Labute approximate surface area is 418 Å². The van der Waals surface area contributed by atoms with Crippen molar-refractivity contribution in [3.63, 3.8) is 0 Å². The van der Waals surface area contributed by atoms with Crippen LogP contribution in [0.15, 0.2) is 139 Å². The lowest BCUT2D eigenvalue weighted by molar-refractivity contribution is -0.384. The molecule has 1 N–H and O–H groups in total. The Bertz CT molecular complexity index is 2930. The minimum atomic E-state index is -2.00. The number of rotatable bonds is 10. The lowest BCUT2D eigenvalue weighted by Gasteiger charge is -2.46. The number of carbonyl (C=O) groups is 4. The van der Waals surface area contributed by atoms with Crippen LogP contribution in [0, 0.1) is 27.9 Å². The van der Waals surface area contributed by atoms with Gasteiger partial charge in [0.2, 0.25) is 11.8 Å². The van der Waals surface area contributed by atoms with E-state index in [0.29, 0.717) is 46.7 Å². The van der Waals surface area contributed by atoms with Crippen LogP contribution in [-0.4, -0.2) is 76.1 Å². The maximum absolute atomic E-state index is 16.7. The maximum Gasteiger partial charge on any atom is 0.421 e. The average Bonchev–Trinajstić information content (AvgIpc) is 3.86. The fraction of sp³-hybridized carbons (Fsp3) is 0.345. The molecule has 14 nitrogen and oxygen atoms in total. The molecule has 5 aliphatic rings. The van der Waals surface area contributed by atoms with E-state index in [1.807, 2.05) is 83.8 Å². The zero-order chi connectivity index (χ0) is 49.8. The van der Waals surface area contributed by atoms with Gasteiger partial charge in [0.1, 0.15) is 36.5 Å². The summed E-state index contributed by atoms with van der Waals surface area (Å²) < 4.78 is 18.5. The van der Waals surface area contributed by atoms with Gasteiger partial charge in [-0.25, -0.2) is 9.69 Å². The molecule has 5 aromatic rings. The highest BCUT2D eigenvalue weighted by molar-refractivity contribution is 6.23. The number of non-ortho nitro benzene ring substituents is 1. The maximum atomic E-state index is 16.7. The van der Waals surface area contributed by atoms with Gasteiger partial charge in [-0.05, 0) is 114 Å². The number of allylic oxidation sites excluding steroid dienone is 2. The third kappa shape index (κ3) is 9.03. The lowest BCUT2D eigenvalue weighted by atomic mass is 9.64. The monoisotopic (exact) mass is 968 g/mol. The number of aliphatic hydroxyl groups excluding tert-OH is 1. The van der Waals surface area contributed by atoms with Crippen molar-refractivity contribution in [3.8, 4) is 17.6 Å². The number of nitrogens with zero attached hydrogens (tertiary/aromatic N) is 4. The van der Waals surface area contributed by atoms with Gasteiger partial charge >= 0.3 is 12.1 Å². The first-order valence-corrected chi connectivity index (χ1v) is 25.0. The summed E-state index contributed by atoms with van der Waals surface area (Å²) in [4.78, 5) is 79.3. The molecule has 0 saturated carbocycles. The van der Waals surface area contributed by atoms with Crippen molar-refractivity contribution in [1.29, 1.82) is 0 Å². The Morgan fingerprint density at radius 2 is 1.47 bits per heavy atom. The second kappa shape index (κ2) is 21.0. The van der Waals surface area contributed by atoms with Crippen LogP contribution in [0.1, 0.15) is 109 Å². The summed E-state index contributed by atoms with van der Waals surface area (Å²) in [5.74, 6) is 3.90. The number of esters is 1. The van der Waals surface area contributed by atoms with Crippen LogP contribution in [0.2, 0.25) is 0 Å². The first-order valence-electron chi connectivity index (χ1n) is 25.0. The number of cyclic esters (lactones) is 1. The van der Waals surface area contributed by atoms with Gasteiger partial charge < -0.3 is 24.2 Å². The number of ether oxygens (including phenoxy) is 3. The molecule has 14 heteroatoms. The van der Waals surface area contributed by atoms with Crippen molar-refractivity contribution < 1.29 is 43.4 Å². The van der Waals surface area contributed by atoms with Gasteiger partial charge in [0.25, 0.3) is 5.69 Å². The number of nitro benzene ring substituents is 1. The van der Waals surface area contributed by atoms with Crippen molar-refractivity contribution >= 4 is 35.3 Å². The Morgan fingerprint density at radius 3 is 2.14 bits per heavy atom. The fourth-order valence-corrected chi connectivity index (χ4v) is 11.5. The Balaban J connectivity index is 1.23. The molecule has 3 fully saturated rings. The summed E-state index contributed by atoms with van der Waals surface area (Å²) in [6, 6.07) is 33.8. The van der Waals surface area contributed by atoms with Crippen molar-refractivity contribution in [2.45, 2.75) is 94.0 Å². The normalized spacial score (nSPS) is 23.9. The first-order chi connectivity index (χ1) is 35.2. The van der Waals surface area contributed by atoms with Gasteiger partial charge in [0, 0.05) is 30.8 Å². The van der Waals surface area contributed by atoms with Gasteiger partial charge in [-0.15, -0.1) is 0 Å².